The number of carbonyl (C=O) groups excluding carboxylic acids is 2. The fourth-order valence-corrected chi connectivity index (χ4v) is 3.87. The van der Waals surface area contributed by atoms with Gasteiger partial charge in [-0.05, 0) is 12.1 Å². The van der Waals surface area contributed by atoms with Crippen LogP contribution in [-0.2, 0) is 12.8 Å². The van der Waals surface area contributed by atoms with Gasteiger partial charge < -0.3 is 19.9 Å². The SMILES string of the molecule is COc1cccc(NC(=O)N2CCc3nc(C(=O)N(C)C)sc3CC2)c1. The van der Waals surface area contributed by atoms with Gasteiger partial charge in [0.2, 0.25) is 0 Å². The van der Waals surface area contributed by atoms with Gasteiger partial charge in [-0.15, -0.1) is 11.3 Å². The summed E-state index contributed by atoms with van der Waals surface area (Å²) in [5, 5.41) is 3.43. The average molecular weight is 374 g/mol. The second-order valence-corrected chi connectivity index (χ2v) is 7.32. The molecule has 1 aromatic heterocycles. The third-order valence-electron chi connectivity index (χ3n) is 4.20. The molecule has 0 bridgehead atoms. The third kappa shape index (κ3) is 3.96. The van der Waals surface area contributed by atoms with Crippen molar-refractivity contribution in [2.75, 3.05) is 39.6 Å². The van der Waals surface area contributed by atoms with Crippen LogP contribution in [0.25, 0.3) is 0 Å². The van der Waals surface area contributed by atoms with Gasteiger partial charge in [0.05, 0.1) is 12.8 Å². The van der Waals surface area contributed by atoms with Crippen LogP contribution in [-0.4, -0.2) is 61.0 Å². The molecule has 0 saturated carbocycles. The van der Waals surface area contributed by atoms with Crippen molar-refractivity contribution in [2.24, 2.45) is 0 Å². The van der Waals surface area contributed by atoms with E-state index in [1.165, 1.54) is 16.2 Å². The van der Waals surface area contributed by atoms with E-state index in [0.717, 1.165) is 10.6 Å². The number of thiazole rings is 1. The van der Waals surface area contributed by atoms with E-state index in [1.54, 1.807) is 32.2 Å². The van der Waals surface area contributed by atoms with Gasteiger partial charge in [0.15, 0.2) is 5.01 Å². The molecule has 0 saturated heterocycles. The van der Waals surface area contributed by atoms with E-state index in [9.17, 15) is 9.59 Å². The van der Waals surface area contributed by atoms with Crippen LogP contribution in [0.5, 0.6) is 5.75 Å². The number of urea groups is 1. The molecule has 8 heteroatoms. The molecule has 138 valence electrons. The Kier molecular flexibility index (Phi) is 5.41. The van der Waals surface area contributed by atoms with Crippen LogP contribution in [0.4, 0.5) is 10.5 Å². The lowest BCUT2D eigenvalue weighted by Gasteiger charge is -2.21. The zero-order valence-corrected chi connectivity index (χ0v) is 15.9. The number of anilines is 1. The summed E-state index contributed by atoms with van der Waals surface area (Å²) < 4.78 is 5.18. The Balaban J connectivity index is 1.64. The summed E-state index contributed by atoms with van der Waals surface area (Å²) in [6.07, 6.45) is 1.36. The van der Waals surface area contributed by atoms with Crippen molar-refractivity contribution in [1.29, 1.82) is 0 Å². The van der Waals surface area contributed by atoms with Gasteiger partial charge in [-0.2, -0.15) is 0 Å². The maximum absolute atomic E-state index is 12.6. The van der Waals surface area contributed by atoms with Crippen molar-refractivity contribution in [3.63, 3.8) is 0 Å². The molecule has 2 heterocycles. The first-order valence-corrected chi connectivity index (χ1v) is 9.20. The van der Waals surface area contributed by atoms with E-state index in [1.807, 2.05) is 18.2 Å². The van der Waals surface area contributed by atoms with Crippen LogP contribution in [0.1, 0.15) is 20.4 Å². The van der Waals surface area contributed by atoms with Crippen molar-refractivity contribution >= 4 is 29.0 Å². The zero-order chi connectivity index (χ0) is 18.7. The molecule has 0 fully saturated rings. The highest BCUT2D eigenvalue weighted by atomic mass is 32.1. The molecule has 26 heavy (non-hydrogen) atoms. The van der Waals surface area contributed by atoms with E-state index in [0.29, 0.717) is 42.4 Å². The van der Waals surface area contributed by atoms with Crippen LogP contribution >= 0.6 is 11.3 Å². The standard InChI is InChI=1S/C18H22N4O3S/c1-21(2)17(23)16-20-14-7-9-22(10-8-15(14)26-16)18(24)19-12-5-4-6-13(11-12)25-3/h4-6,11H,7-10H2,1-3H3,(H,19,24). The molecule has 0 aliphatic carbocycles. The lowest BCUT2D eigenvalue weighted by molar-refractivity contribution is 0.0827. The maximum atomic E-state index is 12.6. The van der Waals surface area contributed by atoms with Gasteiger partial charge in [-0.1, -0.05) is 6.07 Å². The molecule has 1 N–H and O–H groups in total. The Morgan fingerprint density at radius 3 is 2.77 bits per heavy atom. The molecule has 1 aliphatic rings. The number of aromatic nitrogens is 1. The molecule has 1 aromatic carbocycles. The lowest BCUT2D eigenvalue weighted by Crippen LogP contribution is -2.36. The van der Waals surface area contributed by atoms with Gasteiger partial charge in [-0.3, -0.25) is 4.79 Å². The van der Waals surface area contributed by atoms with E-state index in [2.05, 4.69) is 10.3 Å². The van der Waals surface area contributed by atoms with Crippen molar-refractivity contribution in [3.05, 3.63) is 39.8 Å². The van der Waals surface area contributed by atoms with Crippen LogP contribution in [0.15, 0.2) is 24.3 Å². The van der Waals surface area contributed by atoms with Gasteiger partial charge >= 0.3 is 6.03 Å². The number of methoxy groups -OCH3 is 1. The van der Waals surface area contributed by atoms with Gasteiger partial charge in [-0.25, -0.2) is 9.78 Å². The predicted molar refractivity (Wildman–Crippen MR) is 101 cm³/mol. The topological polar surface area (TPSA) is 74.8 Å². The second kappa shape index (κ2) is 7.74. The van der Waals surface area contributed by atoms with E-state index < -0.39 is 0 Å². The highest BCUT2D eigenvalue weighted by Gasteiger charge is 2.24. The number of amides is 3. The first-order valence-electron chi connectivity index (χ1n) is 8.38. The van der Waals surface area contributed by atoms with E-state index in [-0.39, 0.29) is 11.9 Å². The minimum absolute atomic E-state index is 0.0734. The Bertz CT molecular complexity index is 793. The molecular formula is C18H22N4O3S. The largest absolute Gasteiger partial charge is 0.497 e. The molecule has 2 aromatic rings. The number of ether oxygens (including phenoxy) is 1. The molecule has 3 amide bonds. The third-order valence-corrected chi connectivity index (χ3v) is 5.35. The van der Waals surface area contributed by atoms with Gasteiger partial charge in [0, 0.05) is 56.7 Å². The van der Waals surface area contributed by atoms with Crippen molar-refractivity contribution < 1.29 is 14.3 Å². The van der Waals surface area contributed by atoms with Gasteiger partial charge in [0.25, 0.3) is 5.91 Å². The van der Waals surface area contributed by atoms with Crippen LogP contribution in [0.3, 0.4) is 0 Å². The number of benzene rings is 1. The quantitative estimate of drug-likeness (QED) is 0.896. The monoisotopic (exact) mass is 374 g/mol. The number of hydrogen-bond donors (Lipinski definition) is 1. The molecule has 0 radical (unpaired) electrons. The summed E-state index contributed by atoms with van der Waals surface area (Å²) in [5.74, 6) is 0.624. The average Bonchev–Trinajstić information content (AvgIpc) is 2.93. The minimum atomic E-state index is -0.141. The van der Waals surface area contributed by atoms with Gasteiger partial charge in [0.1, 0.15) is 5.75 Å². The number of rotatable bonds is 3. The summed E-state index contributed by atoms with van der Waals surface area (Å²) in [6, 6.07) is 7.14. The Hall–Kier alpha value is -2.61. The number of hydrogen-bond acceptors (Lipinski definition) is 5. The molecule has 7 nitrogen and oxygen atoms in total. The fourth-order valence-electron chi connectivity index (χ4n) is 2.75. The number of nitrogens with zero attached hydrogens (tertiary/aromatic N) is 3. The first kappa shape index (κ1) is 18.2. The Morgan fingerprint density at radius 2 is 2.04 bits per heavy atom. The Labute approximate surface area is 156 Å². The highest BCUT2D eigenvalue weighted by Crippen LogP contribution is 2.24. The lowest BCUT2D eigenvalue weighted by atomic mass is 10.2. The summed E-state index contributed by atoms with van der Waals surface area (Å²) in [5.41, 5.74) is 1.63. The van der Waals surface area contributed by atoms with E-state index >= 15 is 0 Å². The summed E-state index contributed by atoms with van der Waals surface area (Å²) in [7, 11) is 5.04. The number of nitrogens with one attached hydrogen (secondary N) is 1. The van der Waals surface area contributed by atoms with Crippen molar-refractivity contribution in [3.8, 4) is 5.75 Å². The normalized spacial score (nSPS) is 13.6. The second-order valence-electron chi connectivity index (χ2n) is 6.24. The smallest absolute Gasteiger partial charge is 0.321 e. The Morgan fingerprint density at radius 1 is 1.27 bits per heavy atom. The van der Waals surface area contributed by atoms with Crippen molar-refractivity contribution in [1.82, 2.24) is 14.8 Å². The highest BCUT2D eigenvalue weighted by molar-refractivity contribution is 7.13. The van der Waals surface area contributed by atoms with E-state index in [4.69, 9.17) is 4.74 Å². The number of fused-ring (bicyclic) bond motifs is 1. The summed E-state index contributed by atoms with van der Waals surface area (Å²) >= 11 is 1.43. The zero-order valence-electron chi connectivity index (χ0n) is 15.1. The first-order chi connectivity index (χ1) is 12.5. The molecule has 1 aliphatic heterocycles. The molecule has 0 spiro atoms. The van der Waals surface area contributed by atoms with Crippen molar-refractivity contribution in [2.45, 2.75) is 12.8 Å². The molecule has 3 rings (SSSR count). The summed E-state index contributed by atoms with van der Waals surface area (Å²) in [6.45, 7) is 1.17. The fraction of sp³-hybridized carbons (Fsp3) is 0.389. The molecular weight excluding hydrogens is 352 g/mol. The summed E-state index contributed by atoms with van der Waals surface area (Å²) in [4.78, 5) is 33.5. The van der Waals surface area contributed by atoms with Crippen LogP contribution < -0.4 is 10.1 Å². The predicted octanol–water partition coefficient (Wildman–Crippen LogP) is 2.49. The maximum Gasteiger partial charge on any atom is 0.321 e. The molecule has 0 unspecified atom stereocenters. The van der Waals surface area contributed by atoms with Crippen LogP contribution in [0.2, 0.25) is 0 Å². The molecule has 0 atom stereocenters. The number of carbonyl (C=O) groups is 2. The minimum Gasteiger partial charge on any atom is -0.497 e. The van der Waals surface area contributed by atoms with Crippen LogP contribution in [0, 0.1) is 0 Å².